The number of carboxylic acids is 1. The van der Waals surface area contributed by atoms with E-state index in [0.29, 0.717) is 19.4 Å². The van der Waals surface area contributed by atoms with Crippen molar-refractivity contribution in [3.63, 3.8) is 0 Å². The number of aromatic nitrogens is 3. The fourth-order valence-electron chi connectivity index (χ4n) is 1.95. The second-order valence-corrected chi connectivity index (χ2v) is 4.35. The molecule has 0 unspecified atom stereocenters. The van der Waals surface area contributed by atoms with E-state index in [1.54, 1.807) is 0 Å². The van der Waals surface area contributed by atoms with Gasteiger partial charge >= 0.3 is 5.97 Å². The molecule has 0 saturated heterocycles. The number of nitrogens with zero attached hydrogens (tertiary/aromatic N) is 3. The van der Waals surface area contributed by atoms with E-state index in [9.17, 15) is 9.90 Å². The van der Waals surface area contributed by atoms with Crippen LogP contribution in [0.3, 0.4) is 0 Å². The van der Waals surface area contributed by atoms with Crippen LogP contribution < -0.4 is 5.32 Å². The summed E-state index contributed by atoms with van der Waals surface area (Å²) in [5.41, 5.74) is -0.872. The number of carbonyl (C=O) groups is 1. The van der Waals surface area contributed by atoms with Crippen molar-refractivity contribution in [3.05, 3.63) is 12.2 Å². The van der Waals surface area contributed by atoms with Crippen molar-refractivity contribution < 1.29 is 9.90 Å². The Balaban J connectivity index is 2.73. The first-order chi connectivity index (χ1) is 8.59. The van der Waals surface area contributed by atoms with Crippen molar-refractivity contribution in [2.45, 2.75) is 58.7 Å². The molecule has 6 heteroatoms. The molecule has 102 valence electrons. The number of aryl methyl sites for hydroxylation is 1. The monoisotopic (exact) mass is 254 g/mol. The standard InChI is InChI=1S/C12H22N4O2/c1-4-7-16-10(13-9-15-16)8-14-12(5-2,6-3)11(17)18/h9,14H,4-8H2,1-3H3,(H,17,18). The van der Waals surface area contributed by atoms with E-state index in [0.717, 1.165) is 18.8 Å². The normalized spacial score (nSPS) is 11.7. The maximum absolute atomic E-state index is 11.3. The fraction of sp³-hybridized carbons (Fsp3) is 0.750. The molecule has 0 bridgehead atoms. The van der Waals surface area contributed by atoms with Crippen LogP contribution in [0.15, 0.2) is 6.33 Å². The van der Waals surface area contributed by atoms with Crippen molar-refractivity contribution in [1.82, 2.24) is 20.1 Å². The third-order valence-corrected chi connectivity index (χ3v) is 3.33. The van der Waals surface area contributed by atoms with Gasteiger partial charge in [0.1, 0.15) is 17.7 Å². The number of hydrogen-bond donors (Lipinski definition) is 2. The van der Waals surface area contributed by atoms with Crippen LogP contribution in [0.4, 0.5) is 0 Å². The van der Waals surface area contributed by atoms with E-state index in [4.69, 9.17) is 0 Å². The van der Waals surface area contributed by atoms with Gasteiger partial charge in [0.15, 0.2) is 0 Å². The molecule has 0 saturated carbocycles. The highest BCUT2D eigenvalue weighted by molar-refractivity contribution is 5.78. The van der Waals surface area contributed by atoms with Crippen molar-refractivity contribution >= 4 is 5.97 Å². The lowest BCUT2D eigenvalue weighted by Crippen LogP contribution is -2.51. The average Bonchev–Trinajstić information content (AvgIpc) is 2.79. The first-order valence-electron chi connectivity index (χ1n) is 6.44. The second-order valence-electron chi connectivity index (χ2n) is 4.35. The maximum atomic E-state index is 11.3. The largest absolute Gasteiger partial charge is 0.480 e. The zero-order chi connectivity index (χ0) is 13.6. The molecule has 0 aliphatic heterocycles. The minimum atomic E-state index is -0.872. The molecule has 0 fully saturated rings. The van der Waals surface area contributed by atoms with Gasteiger partial charge in [0.25, 0.3) is 0 Å². The van der Waals surface area contributed by atoms with Gasteiger partial charge in [0.2, 0.25) is 0 Å². The van der Waals surface area contributed by atoms with Crippen LogP contribution in [-0.4, -0.2) is 31.4 Å². The number of aliphatic carboxylic acids is 1. The van der Waals surface area contributed by atoms with Gasteiger partial charge in [0, 0.05) is 6.54 Å². The van der Waals surface area contributed by atoms with E-state index in [1.165, 1.54) is 6.33 Å². The Morgan fingerprint density at radius 3 is 2.61 bits per heavy atom. The molecule has 0 atom stereocenters. The summed E-state index contributed by atoms with van der Waals surface area (Å²) in [7, 11) is 0. The van der Waals surface area contributed by atoms with Crippen LogP contribution in [-0.2, 0) is 17.9 Å². The quantitative estimate of drug-likeness (QED) is 0.733. The molecule has 6 nitrogen and oxygen atoms in total. The molecule has 18 heavy (non-hydrogen) atoms. The minimum Gasteiger partial charge on any atom is -0.480 e. The van der Waals surface area contributed by atoms with E-state index in [1.807, 2.05) is 18.5 Å². The Bertz CT molecular complexity index is 385. The highest BCUT2D eigenvalue weighted by Gasteiger charge is 2.34. The van der Waals surface area contributed by atoms with Crippen LogP contribution >= 0.6 is 0 Å². The molecule has 0 radical (unpaired) electrons. The zero-order valence-electron chi connectivity index (χ0n) is 11.3. The summed E-state index contributed by atoms with van der Waals surface area (Å²) in [4.78, 5) is 15.5. The first kappa shape index (κ1) is 14.6. The molecule has 0 aromatic carbocycles. The predicted molar refractivity (Wildman–Crippen MR) is 68.1 cm³/mol. The van der Waals surface area contributed by atoms with Crippen LogP contribution in [0.2, 0.25) is 0 Å². The molecule has 0 spiro atoms. The number of hydrogen-bond acceptors (Lipinski definition) is 4. The lowest BCUT2D eigenvalue weighted by atomic mass is 9.93. The topological polar surface area (TPSA) is 80.0 Å². The fourth-order valence-corrected chi connectivity index (χ4v) is 1.95. The molecule has 2 N–H and O–H groups in total. The lowest BCUT2D eigenvalue weighted by molar-refractivity contribution is -0.145. The predicted octanol–water partition coefficient (Wildman–Crippen LogP) is 1.42. The lowest BCUT2D eigenvalue weighted by Gasteiger charge is -2.27. The Morgan fingerprint density at radius 2 is 2.11 bits per heavy atom. The van der Waals surface area contributed by atoms with Crippen LogP contribution in [0.1, 0.15) is 45.9 Å². The Kier molecular flexibility index (Phi) is 5.27. The van der Waals surface area contributed by atoms with E-state index in [2.05, 4.69) is 22.3 Å². The molecule has 1 aromatic heterocycles. The summed E-state index contributed by atoms with van der Waals surface area (Å²) in [6, 6.07) is 0. The molecule has 0 amide bonds. The Morgan fingerprint density at radius 1 is 1.44 bits per heavy atom. The number of nitrogens with one attached hydrogen (secondary N) is 1. The van der Waals surface area contributed by atoms with Crippen molar-refractivity contribution in [2.75, 3.05) is 0 Å². The Hall–Kier alpha value is -1.43. The summed E-state index contributed by atoms with van der Waals surface area (Å²) in [6.07, 6.45) is 3.57. The third kappa shape index (κ3) is 3.07. The average molecular weight is 254 g/mol. The van der Waals surface area contributed by atoms with E-state index < -0.39 is 11.5 Å². The smallest absolute Gasteiger partial charge is 0.323 e. The summed E-state index contributed by atoms with van der Waals surface area (Å²) in [6.45, 7) is 7.05. The zero-order valence-corrected chi connectivity index (χ0v) is 11.3. The van der Waals surface area contributed by atoms with Gasteiger partial charge in [-0.2, -0.15) is 5.10 Å². The third-order valence-electron chi connectivity index (χ3n) is 3.33. The number of rotatable bonds is 8. The van der Waals surface area contributed by atoms with E-state index >= 15 is 0 Å². The summed E-state index contributed by atoms with van der Waals surface area (Å²) in [5.74, 6) is -0.0292. The molecule has 0 aliphatic rings. The van der Waals surface area contributed by atoms with Gasteiger partial charge in [-0.3, -0.25) is 10.1 Å². The van der Waals surface area contributed by atoms with Gasteiger partial charge in [0.05, 0.1) is 6.54 Å². The highest BCUT2D eigenvalue weighted by atomic mass is 16.4. The van der Waals surface area contributed by atoms with Crippen LogP contribution in [0.25, 0.3) is 0 Å². The van der Waals surface area contributed by atoms with Gasteiger partial charge in [-0.1, -0.05) is 20.8 Å². The first-order valence-corrected chi connectivity index (χ1v) is 6.44. The Labute approximate surface area is 107 Å². The summed E-state index contributed by atoms with van der Waals surface area (Å²) in [5, 5.41) is 16.6. The summed E-state index contributed by atoms with van der Waals surface area (Å²) >= 11 is 0. The molecule has 0 aliphatic carbocycles. The van der Waals surface area contributed by atoms with Gasteiger partial charge in [-0.15, -0.1) is 0 Å². The van der Waals surface area contributed by atoms with Gasteiger partial charge in [-0.25, -0.2) is 9.67 Å². The SMILES string of the molecule is CCCn1ncnc1CNC(CC)(CC)C(=O)O. The number of carboxylic acid groups (broad SMARTS) is 1. The van der Waals surface area contributed by atoms with Crippen LogP contribution in [0.5, 0.6) is 0 Å². The van der Waals surface area contributed by atoms with Crippen molar-refractivity contribution in [2.24, 2.45) is 0 Å². The van der Waals surface area contributed by atoms with Crippen molar-refractivity contribution in [3.8, 4) is 0 Å². The van der Waals surface area contributed by atoms with Gasteiger partial charge in [-0.05, 0) is 19.3 Å². The highest BCUT2D eigenvalue weighted by Crippen LogP contribution is 2.16. The van der Waals surface area contributed by atoms with Gasteiger partial charge < -0.3 is 5.11 Å². The molecule has 1 rings (SSSR count). The maximum Gasteiger partial charge on any atom is 0.323 e. The van der Waals surface area contributed by atoms with Crippen molar-refractivity contribution in [1.29, 1.82) is 0 Å². The minimum absolute atomic E-state index is 0.425. The van der Waals surface area contributed by atoms with Crippen LogP contribution in [0, 0.1) is 0 Å². The molecular formula is C12H22N4O2. The molecule has 1 aromatic rings. The molecular weight excluding hydrogens is 232 g/mol. The second kappa shape index (κ2) is 6.49. The van der Waals surface area contributed by atoms with E-state index in [-0.39, 0.29) is 0 Å². The summed E-state index contributed by atoms with van der Waals surface area (Å²) < 4.78 is 1.81. The molecule has 1 heterocycles.